The second kappa shape index (κ2) is 9.88. The van der Waals surface area contributed by atoms with Gasteiger partial charge in [-0.3, -0.25) is 9.59 Å². The smallest absolute Gasteiger partial charge is 0.260 e. The zero-order valence-electron chi connectivity index (χ0n) is 18.6. The van der Waals surface area contributed by atoms with Gasteiger partial charge >= 0.3 is 0 Å². The zero-order chi connectivity index (χ0) is 23.4. The number of hydrogen-bond acceptors (Lipinski definition) is 3. The molecule has 0 spiro atoms. The van der Waals surface area contributed by atoms with E-state index < -0.39 is 5.56 Å². The van der Waals surface area contributed by atoms with Crippen LogP contribution >= 0.6 is 11.6 Å². The monoisotopic (exact) mass is 456 g/mol. The SMILES string of the molecule is CCCNc1ccc(/C=C/C(=O)c2c(-c3ccccc3)c3cc(Cl)ccc3[nH]c2=O)cc1C. The van der Waals surface area contributed by atoms with Gasteiger partial charge in [-0.15, -0.1) is 0 Å². The highest BCUT2D eigenvalue weighted by Crippen LogP contribution is 2.31. The summed E-state index contributed by atoms with van der Waals surface area (Å²) in [5.74, 6) is -0.359. The highest BCUT2D eigenvalue weighted by atomic mass is 35.5. The highest BCUT2D eigenvalue weighted by Gasteiger charge is 2.19. The largest absolute Gasteiger partial charge is 0.385 e. The van der Waals surface area contributed by atoms with Gasteiger partial charge in [0.05, 0.1) is 5.56 Å². The van der Waals surface area contributed by atoms with Gasteiger partial charge in [-0.25, -0.2) is 0 Å². The summed E-state index contributed by atoms with van der Waals surface area (Å²) in [6.07, 6.45) is 4.25. The van der Waals surface area contributed by atoms with E-state index in [0.717, 1.165) is 40.7 Å². The van der Waals surface area contributed by atoms with E-state index >= 15 is 0 Å². The van der Waals surface area contributed by atoms with Crippen LogP contribution in [0.5, 0.6) is 0 Å². The van der Waals surface area contributed by atoms with Crippen LogP contribution in [0.25, 0.3) is 28.1 Å². The van der Waals surface area contributed by atoms with Crippen molar-refractivity contribution in [3.8, 4) is 11.1 Å². The molecule has 0 fully saturated rings. The number of aromatic nitrogens is 1. The summed E-state index contributed by atoms with van der Waals surface area (Å²) in [5.41, 5.74) is 4.75. The van der Waals surface area contributed by atoms with Crippen molar-refractivity contribution >= 4 is 40.1 Å². The van der Waals surface area contributed by atoms with Gasteiger partial charge in [0.15, 0.2) is 5.78 Å². The number of H-pyrrole nitrogens is 1. The summed E-state index contributed by atoms with van der Waals surface area (Å²) in [5, 5.41) is 4.65. The molecule has 5 heteroatoms. The van der Waals surface area contributed by atoms with Crippen LogP contribution in [0.4, 0.5) is 5.69 Å². The fourth-order valence-corrected chi connectivity index (χ4v) is 4.08. The highest BCUT2D eigenvalue weighted by molar-refractivity contribution is 6.31. The van der Waals surface area contributed by atoms with Crippen molar-refractivity contribution in [1.82, 2.24) is 4.98 Å². The number of pyridine rings is 1. The Hall–Kier alpha value is -3.63. The van der Waals surface area contributed by atoms with Gasteiger partial charge in [-0.1, -0.05) is 61.0 Å². The Labute approximate surface area is 197 Å². The number of rotatable bonds is 7. The second-order valence-electron chi connectivity index (χ2n) is 7.96. The Morgan fingerprint density at radius 1 is 1.06 bits per heavy atom. The van der Waals surface area contributed by atoms with Gasteiger partial charge in [-0.2, -0.15) is 0 Å². The molecule has 3 aromatic carbocycles. The lowest BCUT2D eigenvalue weighted by Gasteiger charge is -2.12. The summed E-state index contributed by atoms with van der Waals surface area (Å²) in [6, 6.07) is 20.7. The minimum absolute atomic E-state index is 0.102. The van der Waals surface area contributed by atoms with Crippen molar-refractivity contribution in [2.75, 3.05) is 11.9 Å². The maximum absolute atomic E-state index is 13.3. The standard InChI is InChI=1S/C28H25ClN2O2/c1-3-15-30-23-12-9-19(16-18(23)2)10-14-25(32)27-26(20-7-5-4-6-8-20)22-17-21(29)11-13-24(22)31-28(27)33/h4-14,16-17,30H,3,15H2,1-2H3,(H,31,33)/b14-10+. The molecule has 0 bridgehead atoms. The molecule has 0 aliphatic rings. The predicted molar refractivity (Wildman–Crippen MR) is 138 cm³/mol. The minimum Gasteiger partial charge on any atom is -0.385 e. The van der Waals surface area contributed by atoms with Crippen LogP contribution in [0.1, 0.15) is 34.8 Å². The number of fused-ring (bicyclic) bond motifs is 1. The quantitative estimate of drug-likeness (QED) is 0.235. The first-order valence-electron chi connectivity index (χ1n) is 11.0. The Kier molecular flexibility index (Phi) is 6.76. The third-order valence-electron chi connectivity index (χ3n) is 5.53. The lowest BCUT2D eigenvalue weighted by molar-refractivity contribution is 0.104. The molecule has 1 aromatic heterocycles. The molecule has 0 saturated heterocycles. The van der Waals surface area contributed by atoms with Crippen molar-refractivity contribution in [3.63, 3.8) is 0 Å². The summed E-state index contributed by atoms with van der Waals surface area (Å²) in [7, 11) is 0. The molecule has 4 rings (SSSR count). The number of aromatic amines is 1. The average molecular weight is 457 g/mol. The fraction of sp³-hybridized carbons (Fsp3) is 0.143. The van der Waals surface area contributed by atoms with Gasteiger partial charge < -0.3 is 10.3 Å². The number of halogens is 1. The Morgan fingerprint density at radius 3 is 2.58 bits per heavy atom. The Morgan fingerprint density at radius 2 is 1.85 bits per heavy atom. The molecular formula is C28H25ClN2O2. The molecule has 2 N–H and O–H groups in total. The van der Waals surface area contributed by atoms with Crippen LogP contribution < -0.4 is 10.9 Å². The molecule has 0 atom stereocenters. The van der Waals surface area contributed by atoms with Gasteiger partial charge in [0.25, 0.3) is 5.56 Å². The predicted octanol–water partition coefficient (Wildman–Crippen LogP) is 6.87. The number of aryl methyl sites for hydroxylation is 1. The van der Waals surface area contributed by atoms with Crippen molar-refractivity contribution in [2.45, 2.75) is 20.3 Å². The molecule has 0 aliphatic heterocycles. The molecule has 4 nitrogen and oxygen atoms in total. The lowest BCUT2D eigenvalue weighted by atomic mass is 9.94. The maximum atomic E-state index is 13.3. The van der Waals surface area contributed by atoms with E-state index in [1.807, 2.05) is 55.5 Å². The number of carbonyl (C=O) groups is 1. The van der Waals surface area contributed by atoms with Gasteiger partial charge in [0, 0.05) is 33.7 Å². The van der Waals surface area contributed by atoms with Crippen molar-refractivity contribution < 1.29 is 4.79 Å². The summed E-state index contributed by atoms with van der Waals surface area (Å²) >= 11 is 6.25. The van der Waals surface area contributed by atoms with Crippen LogP contribution in [0, 0.1) is 6.92 Å². The molecule has 0 amide bonds. The zero-order valence-corrected chi connectivity index (χ0v) is 19.4. The van der Waals surface area contributed by atoms with Crippen molar-refractivity contribution in [3.05, 3.63) is 105 Å². The van der Waals surface area contributed by atoms with Gasteiger partial charge in [0.2, 0.25) is 0 Å². The third-order valence-corrected chi connectivity index (χ3v) is 5.76. The summed E-state index contributed by atoms with van der Waals surface area (Å²) in [4.78, 5) is 29.1. The van der Waals surface area contributed by atoms with E-state index in [9.17, 15) is 9.59 Å². The van der Waals surface area contributed by atoms with Crippen molar-refractivity contribution in [1.29, 1.82) is 0 Å². The Balaban J connectivity index is 1.78. The van der Waals surface area contributed by atoms with E-state index in [2.05, 4.69) is 17.2 Å². The molecule has 33 heavy (non-hydrogen) atoms. The lowest BCUT2D eigenvalue weighted by Crippen LogP contribution is -2.18. The minimum atomic E-state index is -0.423. The van der Waals surface area contributed by atoms with E-state index in [1.54, 1.807) is 24.3 Å². The molecule has 0 aliphatic carbocycles. The number of carbonyl (C=O) groups excluding carboxylic acids is 1. The molecule has 0 saturated carbocycles. The van der Waals surface area contributed by atoms with Crippen molar-refractivity contribution in [2.24, 2.45) is 0 Å². The summed E-state index contributed by atoms with van der Waals surface area (Å²) in [6.45, 7) is 5.06. The molecule has 0 radical (unpaired) electrons. The third kappa shape index (κ3) is 4.91. The second-order valence-corrected chi connectivity index (χ2v) is 8.40. The number of nitrogens with one attached hydrogen (secondary N) is 2. The molecule has 1 heterocycles. The van der Waals surface area contributed by atoms with Crippen LogP contribution in [-0.2, 0) is 0 Å². The van der Waals surface area contributed by atoms with E-state index in [1.165, 1.54) is 6.08 Å². The van der Waals surface area contributed by atoms with Gasteiger partial charge in [0.1, 0.15) is 0 Å². The summed E-state index contributed by atoms with van der Waals surface area (Å²) < 4.78 is 0. The first kappa shape index (κ1) is 22.6. The van der Waals surface area contributed by atoms with Gasteiger partial charge in [-0.05, 0) is 66.4 Å². The molecule has 0 unspecified atom stereocenters. The number of benzene rings is 3. The molecule has 4 aromatic rings. The van der Waals surface area contributed by atoms with E-state index in [-0.39, 0.29) is 11.3 Å². The molecule has 166 valence electrons. The van der Waals surface area contributed by atoms with Crippen LogP contribution in [0.2, 0.25) is 5.02 Å². The number of anilines is 1. The average Bonchev–Trinajstić information content (AvgIpc) is 2.82. The van der Waals surface area contributed by atoms with E-state index in [0.29, 0.717) is 16.1 Å². The number of ketones is 1. The first-order chi connectivity index (χ1) is 16.0. The Bertz CT molecular complexity index is 1410. The topological polar surface area (TPSA) is 62.0 Å². The number of hydrogen-bond donors (Lipinski definition) is 2. The van der Waals surface area contributed by atoms with Crippen LogP contribution in [-0.4, -0.2) is 17.3 Å². The fourth-order valence-electron chi connectivity index (χ4n) is 3.91. The van der Waals surface area contributed by atoms with Crippen LogP contribution in [0.3, 0.4) is 0 Å². The van der Waals surface area contributed by atoms with Crippen LogP contribution in [0.15, 0.2) is 77.6 Å². The maximum Gasteiger partial charge on any atom is 0.260 e. The normalized spacial score (nSPS) is 11.2. The number of allylic oxidation sites excluding steroid dienone is 1. The first-order valence-corrected chi connectivity index (χ1v) is 11.3. The van der Waals surface area contributed by atoms with E-state index in [4.69, 9.17) is 11.6 Å². The molecular weight excluding hydrogens is 432 g/mol.